The maximum Gasteiger partial charge on any atom is 0.238 e. The smallest absolute Gasteiger partial charge is 0.238 e. The highest BCUT2D eigenvalue weighted by molar-refractivity contribution is 8.01. The predicted molar refractivity (Wildman–Crippen MR) is 89.4 cm³/mol. The Kier molecular flexibility index (Phi) is 4.36. The molecule has 112 valence electrons. The van der Waals surface area contributed by atoms with Gasteiger partial charge in [-0.1, -0.05) is 29.8 Å². The number of hydrogen-bond acceptors (Lipinski definition) is 3. The van der Waals surface area contributed by atoms with Gasteiger partial charge in [-0.05, 0) is 30.3 Å². The van der Waals surface area contributed by atoms with Gasteiger partial charge in [0.2, 0.25) is 11.8 Å². The number of para-hydroxylation sites is 1. The van der Waals surface area contributed by atoms with Crippen molar-refractivity contribution in [1.82, 2.24) is 0 Å². The van der Waals surface area contributed by atoms with E-state index in [9.17, 15) is 9.59 Å². The Bertz CT molecular complexity index is 736. The van der Waals surface area contributed by atoms with E-state index in [-0.39, 0.29) is 18.2 Å². The number of anilines is 2. The zero-order valence-corrected chi connectivity index (χ0v) is 13.1. The summed E-state index contributed by atoms with van der Waals surface area (Å²) >= 11 is 7.29. The molecule has 1 aliphatic rings. The Balaban J connectivity index is 1.66. The number of fused-ring (bicyclic) bond motifs is 1. The van der Waals surface area contributed by atoms with Crippen LogP contribution in [0, 0.1) is 0 Å². The van der Waals surface area contributed by atoms with E-state index in [1.807, 2.05) is 24.3 Å². The van der Waals surface area contributed by atoms with Gasteiger partial charge >= 0.3 is 0 Å². The summed E-state index contributed by atoms with van der Waals surface area (Å²) in [5, 5.41) is 5.70. The van der Waals surface area contributed by atoms with Gasteiger partial charge in [-0.25, -0.2) is 0 Å². The predicted octanol–water partition coefficient (Wildman–Crippen LogP) is 3.78. The minimum absolute atomic E-state index is 0.108. The average molecular weight is 333 g/mol. The van der Waals surface area contributed by atoms with Gasteiger partial charge in [-0.15, -0.1) is 11.8 Å². The summed E-state index contributed by atoms with van der Waals surface area (Å²) in [6.07, 6.45) is 0.108. The molecule has 22 heavy (non-hydrogen) atoms. The molecule has 4 nitrogen and oxygen atoms in total. The van der Waals surface area contributed by atoms with E-state index in [0.29, 0.717) is 10.7 Å². The van der Waals surface area contributed by atoms with Crippen LogP contribution in [0.1, 0.15) is 6.42 Å². The lowest BCUT2D eigenvalue weighted by molar-refractivity contribution is -0.120. The molecular weight excluding hydrogens is 320 g/mol. The van der Waals surface area contributed by atoms with Crippen LogP contribution in [0.3, 0.4) is 0 Å². The van der Waals surface area contributed by atoms with Crippen molar-refractivity contribution in [3.8, 4) is 0 Å². The number of benzene rings is 2. The summed E-state index contributed by atoms with van der Waals surface area (Å²) < 4.78 is 0. The summed E-state index contributed by atoms with van der Waals surface area (Å²) in [4.78, 5) is 25.1. The molecule has 2 amide bonds. The van der Waals surface area contributed by atoms with Crippen molar-refractivity contribution < 1.29 is 9.59 Å². The van der Waals surface area contributed by atoms with E-state index in [1.165, 1.54) is 11.8 Å². The van der Waals surface area contributed by atoms with Gasteiger partial charge in [0.15, 0.2) is 0 Å². The fourth-order valence-corrected chi connectivity index (χ4v) is 3.47. The first-order chi connectivity index (χ1) is 10.6. The largest absolute Gasteiger partial charge is 0.326 e. The van der Waals surface area contributed by atoms with Crippen molar-refractivity contribution in [3.05, 3.63) is 53.6 Å². The number of carbonyl (C=O) groups excluding carboxylic acids is 2. The minimum Gasteiger partial charge on any atom is -0.326 e. The molecule has 1 atom stereocenters. The Hall–Kier alpha value is -1.98. The van der Waals surface area contributed by atoms with Gasteiger partial charge in [0.1, 0.15) is 0 Å². The van der Waals surface area contributed by atoms with Crippen LogP contribution in [0.25, 0.3) is 0 Å². The highest BCUT2D eigenvalue weighted by atomic mass is 35.5. The third kappa shape index (κ3) is 3.43. The molecule has 2 aromatic rings. The average Bonchev–Trinajstić information content (AvgIpc) is 2.48. The number of hydrogen-bond donors (Lipinski definition) is 2. The molecule has 0 unspecified atom stereocenters. The highest BCUT2D eigenvalue weighted by Gasteiger charge is 2.28. The van der Waals surface area contributed by atoms with Gasteiger partial charge in [0.25, 0.3) is 0 Å². The number of rotatable bonds is 3. The fourth-order valence-electron chi connectivity index (χ4n) is 2.17. The van der Waals surface area contributed by atoms with Crippen molar-refractivity contribution in [2.75, 3.05) is 10.6 Å². The molecular formula is C16H13ClN2O2S. The molecule has 1 aliphatic heterocycles. The SMILES string of the molecule is O=C(C[C@H]1Sc2ccccc2NC1=O)Nc1cccc(Cl)c1. The number of thioether (sulfide) groups is 1. The third-order valence-corrected chi connectivity index (χ3v) is 4.70. The van der Waals surface area contributed by atoms with Crippen molar-refractivity contribution in [3.63, 3.8) is 0 Å². The number of nitrogens with one attached hydrogen (secondary N) is 2. The molecule has 2 N–H and O–H groups in total. The normalized spacial score (nSPS) is 16.6. The fraction of sp³-hybridized carbons (Fsp3) is 0.125. The summed E-state index contributed by atoms with van der Waals surface area (Å²) in [5.74, 6) is -0.362. The third-order valence-electron chi connectivity index (χ3n) is 3.19. The van der Waals surface area contributed by atoms with Gasteiger partial charge in [-0.2, -0.15) is 0 Å². The molecule has 0 saturated carbocycles. The summed E-state index contributed by atoms with van der Waals surface area (Å²) in [6.45, 7) is 0. The first kappa shape index (κ1) is 14.9. The highest BCUT2D eigenvalue weighted by Crippen LogP contribution is 2.36. The van der Waals surface area contributed by atoms with Crippen molar-refractivity contribution in [1.29, 1.82) is 0 Å². The number of halogens is 1. The van der Waals surface area contributed by atoms with E-state index >= 15 is 0 Å². The summed E-state index contributed by atoms with van der Waals surface area (Å²) in [6, 6.07) is 14.5. The van der Waals surface area contributed by atoms with E-state index in [4.69, 9.17) is 11.6 Å². The summed E-state index contributed by atoms with van der Waals surface area (Å²) in [7, 11) is 0. The van der Waals surface area contributed by atoms with Crippen LogP contribution in [0.5, 0.6) is 0 Å². The van der Waals surface area contributed by atoms with Gasteiger partial charge < -0.3 is 10.6 Å². The molecule has 0 saturated heterocycles. The van der Waals surface area contributed by atoms with Gasteiger partial charge in [0.05, 0.1) is 10.9 Å². The molecule has 0 fully saturated rings. The van der Waals surface area contributed by atoms with Crippen LogP contribution in [-0.2, 0) is 9.59 Å². The first-order valence-electron chi connectivity index (χ1n) is 6.74. The Labute approximate surface area is 137 Å². The lowest BCUT2D eigenvalue weighted by atomic mass is 10.2. The molecule has 2 aromatic carbocycles. The van der Waals surface area contributed by atoms with Crippen LogP contribution >= 0.6 is 23.4 Å². The second-order valence-corrected chi connectivity index (χ2v) is 6.54. The minimum atomic E-state index is -0.436. The van der Waals surface area contributed by atoms with E-state index in [0.717, 1.165) is 10.6 Å². The molecule has 0 aromatic heterocycles. The van der Waals surface area contributed by atoms with Crippen LogP contribution < -0.4 is 10.6 Å². The molecule has 0 bridgehead atoms. The Morgan fingerprint density at radius 3 is 2.86 bits per heavy atom. The second kappa shape index (κ2) is 6.42. The standard InChI is InChI=1S/C16H13ClN2O2S/c17-10-4-3-5-11(8-10)18-15(20)9-14-16(21)19-12-6-1-2-7-13(12)22-14/h1-8,14H,9H2,(H,18,20)(H,19,21)/t14-/m1/s1. The first-order valence-corrected chi connectivity index (χ1v) is 7.99. The van der Waals surface area contributed by atoms with Crippen LogP contribution in [0.4, 0.5) is 11.4 Å². The number of carbonyl (C=O) groups is 2. The number of amides is 2. The summed E-state index contributed by atoms with van der Waals surface area (Å²) in [5.41, 5.74) is 1.42. The lowest BCUT2D eigenvalue weighted by Gasteiger charge is -2.23. The zero-order chi connectivity index (χ0) is 15.5. The molecule has 3 rings (SSSR count). The molecule has 0 spiro atoms. The van der Waals surface area contributed by atoms with Crippen LogP contribution in [0.2, 0.25) is 5.02 Å². The second-order valence-electron chi connectivity index (χ2n) is 4.85. The monoisotopic (exact) mass is 332 g/mol. The van der Waals surface area contributed by atoms with E-state index in [1.54, 1.807) is 24.3 Å². The zero-order valence-electron chi connectivity index (χ0n) is 11.5. The molecule has 1 heterocycles. The topological polar surface area (TPSA) is 58.2 Å². The van der Waals surface area contributed by atoms with Crippen molar-refractivity contribution >= 4 is 46.6 Å². The quantitative estimate of drug-likeness (QED) is 0.899. The molecule has 6 heteroatoms. The van der Waals surface area contributed by atoms with Gasteiger partial charge in [0, 0.05) is 22.0 Å². The molecule has 0 aliphatic carbocycles. The maximum absolute atomic E-state index is 12.1. The van der Waals surface area contributed by atoms with Gasteiger partial charge in [-0.3, -0.25) is 9.59 Å². The lowest BCUT2D eigenvalue weighted by Crippen LogP contribution is -2.32. The molecule has 0 radical (unpaired) electrons. The Morgan fingerprint density at radius 2 is 2.05 bits per heavy atom. The maximum atomic E-state index is 12.1. The van der Waals surface area contributed by atoms with Crippen LogP contribution in [0.15, 0.2) is 53.4 Å². The van der Waals surface area contributed by atoms with Crippen LogP contribution in [-0.4, -0.2) is 17.1 Å². The Morgan fingerprint density at radius 1 is 1.23 bits per heavy atom. The van der Waals surface area contributed by atoms with E-state index in [2.05, 4.69) is 10.6 Å². The van der Waals surface area contributed by atoms with Crippen molar-refractivity contribution in [2.45, 2.75) is 16.6 Å². The van der Waals surface area contributed by atoms with E-state index < -0.39 is 5.25 Å². The van der Waals surface area contributed by atoms with Crippen molar-refractivity contribution in [2.24, 2.45) is 0 Å².